The van der Waals surface area contributed by atoms with Gasteiger partial charge in [0.15, 0.2) is 0 Å². The van der Waals surface area contributed by atoms with Crippen molar-refractivity contribution in [3.05, 3.63) is 151 Å². The molecule has 5 rings (SSSR count). The van der Waals surface area contributed by atoms with Crippen molar-refractivity contribution in [2.24, 2.45) is 7.05 Å². The minimum absolute atomic E-state index is 0. The number of rotatable bonds is 11. The van der Waals surface area contributed by atoms with Crippen LogP contribution in [0.25, 0.3) is 43.8 Å². The fourth-order valence-electron chi connectivity index (χ4n) is 6.85. The van der Waals surface area contributed by atoms with Crippen molar-refractivity contribution in [2.45, 2.75) is 105 Å². The Morgan fingerprint density at radius 3 is 1.25 bits per heavy atom. The number of hydrogen-bond donors (Lipinski definition) is 0. The van der Waals surface area contributed by atoms with Gasteiger partial charge in [-0.3, -0.25) is 0 Å². The maximum atomic E-state index is 5.92. The second-order valence-corrected chi connectivity index (χ2v) is 16.0. The zero-order valence-electron chi connectivity index (χ0n) is 38.3. The number of aromatic nitrogens is 2. The van der Waals surface area contributed by atoms with E-state index in [1.807, 2.05) is 0 Å². The van der Waals surface area contributed by atoms with Crippen LogP contribution >= 0.6 is 0 Å². The molecule has 306 valence electrons. The Bertz CT molecular complexity index is 1800. The van der Waals surface area contributed by atoms with Crippen molar-refractivity contribution in [3.63, 3.8) is 0 Å². The summed E-state index contributed by atoms with van der Waals surface area (Å²) >= 11 is 0. The van der Waals surface area contributed by atoms with Crippen molar-refractivity contribution in [1.29, 1.82) is 0 Å². The monoisotopic (exact) mass is 937 g/mol. The number of hydrogen-bond acceptors (Lipinski definition) is 1. The third-order valence-electron chi connectivity index (χ3n) is 9.52. The molecule has 4 aromatic carbocycles. The molecule has 1 aromatic heterocycles. The molecule has 0 aliphatic carbocycles. The molecule has 57 heavy (non-hydrogen) atoms. The largest absolute Gasteiger partial charge is 4.00 e. The van der Waals surface area contributed by atoms with Crippen LogP contribution in [0.1, 0.15) is 144 Å². The van der Waals surface area contributed by atoms with Gasteiger partial charge in [0, 0.05) is 18.2 Å². The van der Waals surface area contributed by atoms with E-state index < -0.39 is 0 Å². The fraction of sp³-hybridized carbons (Fsp3) is 0.460. The molecule has 0 radical (unpaired) electrons. The SMILES string of the molecule is CC(C)c1cc(C(C)C)c(C([N-]c2c(C(C)C)cccc2C(C)C)c2nc(-c3ccccc3)c(-c3ccccc3)n2C)c(C(C)C)c1.C[N-]C.C[N-]C.C[N-]C.[Hf+4]. The van der Waals surface area contributed by atoms with Gasteiger partial charge in [-0.1, -0.05) is 171 Å². The molecule has 0 fully saturated rings. The number of para-hydroxylation sites is 1. The first-order valence-corrected chi connectivity index (χ1v) is 20.3. The van der Waals surface area contributed by atoms with Crippen LogP contribution in [-0.2, 0) is 32.9 Å². The zero-order valence-corrected chi connectivity index (χ0v) is 41.9. The Hall–Kier alpha value is -3.36. The molecular formula is C50H72HfN6. The molecule has 0 saturated heterocycles. The normalized spacial score (nSPS) is 11.3. The van der Waals surface area contributed by atoms with Gasteiger partial charge in [0.1, 0.15) is 0 Å². The van der Waals surface area contributed by atoms with Crippen LogP contribution in [0.4, 0.5) is 5.69 Å². The van der Waals surface area contributed by atoms with E-state index in [4.69, 9.17) is 10.3 Å². The zero-order chi connectivity index (χ0) is 42.1. The molecule has 0 aliphatic heterocycles. The number of imidazole rings is 1. The summed E-state index contributed by atoms with van der Waals surface area (Å²) in [5.74, 6) is 2.74. The topological polar surface area (TPSA) is 74.2 Å². The summed E-state index contributed by atoms with van der Waals surface area (Å²) in [6.45, 7) is 23.1. The summed E-state index contributed by atoms with van der Waals surface area (Å²) in [4.78, 5) is 5.61. The number of nitrogens with zero attached hydrogens (tertiary/aromatic N) is 6. The fourth-order valence-corrected chi connectivity index (χ4v) is 6.85. The van der Waals surface area contributed by atoms with Crippen LogP contribution in [0.3, 0.4) is 0 Å². The van der Waals surface area contributed by atoms with Gasteiger partial charge in [0.2, 0.25) is 0 Å². The van der Waals surface area contributed by atoms with Crippen LogP contribution < -0.4 is 0 Å². The third kappa shape index (κ3) is 13.9. The van der Waals surface area contributed by atoms with Gasteiger partial charge in [-0.15, -0.1) is 5.69 Å². The molecule has 6 nitrogen and oxygen atoms in total. The molecule has 0 amide bonds. The van der Waals surface area contributed by atoms with E-state index in [9.17, 15) is 0 Å². The third-order valence-corrected chi connectivity index (χ3v) is 9.52. The molecular weight excluding hydrogens is 863 g/mol. The second kappa shape index (κ2) is 25.9. The first-order chi connectivity index (χ1) is 26.6. The Balaban J connectivity index is 0.00000149. The Morgan fingerprint density at radius 1 is 0.491 bits per heavy atom. The smallest absolute Gasteiger partial charge is 0.671 e. The van der Waals surface area contributed by atoms with E-state index in [1.54, 1.807) is 42.3 Å². The van der Waals surface area contributed by atoms with Gasteiger partial charge in [0.05, 0.1) is 17.2 Å². The summed E-state index contributed by atoms with van der Waals surface area (Å²) in [6.07, 6.45) is 0. The molecule has 0 aliphatic rings. The van der Waals surface area contributed by atoms with Crippen molar-refractivity contribution >= 4 is 5.69 Å². The summed E-state index contributed by atoms with van der Waals surface area (Å²) < 4.78 is 2.32. The van der Waals surface area contributed by atoms with Gasteiger partial charge >= 0.3 is 25.8 Å². The molecule has 0 spiro atoms. The van der Waals surface area contributed by atoms with Crippen LogP contribution in [0.5, 0.6) is 0 Å². The predicted molar refractivity (Wildman–Crippen MR) is 248 cm³/mol. The van der Waals surface area contributed by atoms with Gasteiger partial charge in [0.25, 0.3) is 0 Å². The minimum Gasteiger partial charge on any atom is -0.671 e. The average molecular weight is 936 g/mol. The first-order valence-electron chi connectivity index (χ1n) is 20.3. The van der Waals surface area contributed by atoms with Crippen LogP contribution in [0.2, 0.25) is 0 Å². The van der Waals surface area contributed by atoms with E-state index in [-0.39, 0.29) is 31.9 Å². The molecule has 1 atom stereocenters. The second-order valence-electron chi connectivity index (χ2n) is 16.0. The van der Waals surface area contributed by atoms with E-state index >= 15 is 0 Å². The molecule has 7 heteroatoms. The molecule has 5 aromatic rings. The Kier molecular flexibility index (Phi) is 23.5. The average Bonchev–Trinajstić information content (AvgIpc) is 3.51. The van der Waals surface area contributed by atoms with E-state index in [0.717, 1.165) is 34.0 Å². The molecule has 0 N–H and O–H groups in total. The van der Waals surface area contributed by atoms with Crippen molar-refractivity contribution in [2.75, 3.05) is 42.3 Å². The van der Waals surface area contributed by atoms with E-state index in [0.29, 0.717) is 29.6 Å². The van der Waals surface area contributed by atoms with Crippen molar-refractivity contribution in [3.8, 4) is 22.5 Å². The standard InChI is InChI=1S/C44H54N3.3C2H6N.Hf/c1-27(2)34-25-37(30(7)8)39(38(26-34)31(9)10)42(45-41-35(28(3)4)23-18-24-36(41)29(5)6)44-46-40(32-19-14-12-15-20-32)43(47(44)11)33-21-16-13-17-22-33;3*1-3-2;/h12-31,42H,1-11H3;3*1-2H3;/q4*-1;+4. The van der Waals surface area contributed by atoms with Crippen LogP contribution in [0.15, 0.2) is 91.0 Å². The first kappa shape index (κ1) is 51.7. The quantitative estimate of drug-likeness (QED) is 0.122. The van der Waals surface area contributed by atoms with Crippen LogP contribution in [-0.4, -0.2) is 51.8 Å². The van der Waals surface area contributed by atoms with Gasteiger partial charge in [-0.05, 0) is 57.9 Å². The maximum absolute atomic E-state index is 5.92. The van der Waals surface area contributed by atoms with Gasteiger partial charge in [-0.25, -0.2) is 4.98 Å². The molecule has 0 bridgehead atoms. The van der Waals surface area contributed by atoms with Crippen molar-refractivity contribution in [1.82, 2.24) is 9.55 Å². The maximum Gasteiger partial charge on any atom is 4.00 e. The van der Waals surface area contributed by atoms with E-state index in [1.165, 1.54) is 33.4 Å². The molecule has 1 unspecified atom stereocenters. The summed E-state index contributed by atoms with van der Waals surface area (Å²) in [5.41, 5.74) is 13.5. The Labute approximate surface area is 367 Å². The summed E-state index contributed by atoms with van der Waals surface area (Å²) in [6, 6.07) is 32.7. The Morgan fingerprint density at radius 2 is 0.877 bits per heavy atom. The summed E-state index contributed by atoms with van der Waals surface area (Å²) in [7, 11) is 12.7. The van der Waals surface area contributed by atoms with Gasteiger partial charge in [-0.2, -0.15) is 42.3 Å². The predicted octanol–water partition coefficient (Wildman–Crippen LogP) is 15.0. The molecule has 1 heterocycles. The van der Waals surface area contributed by atoms with E-state index in [2.05, 4.69) is 188 Å². The van der Waals surface area contributed by atoms with Gasteiger partial charge < -0.3 is 25.8 Å². The van der Waals surface area contributed by atoms with Crippen molar-refractivity contribution < 1.29 is 25.8 Å². The van der Waals surface area contributed by atoms with Crippen LogP contribution in [0, 0.1) is 0 Å². The minimum atomic E-state index is -0.298. The molecule has 0 saturated carbocycles. The number of benzene rings is 4. The summed E-state index contributed by atoms with van der Waals surface area (Å²) in [5, 5.41) is 16.4.